The summed E-state index contributed by atoms with van der Waals surface area (Å²) in [6.07, 6.45) is 2.03. The molecule has 170 valence electrons. The van der Waals surface area contributed by atoms with E-state index in [2.05, 4.69) is 5.32 Å². The van der Waals surface area contributed by atoms with Gasteiger partial charge in [0.1, 0.15) is 11.6 Å². The zero-order valence-electron chi connectivity index (χ0n) is 17.4. The number of nitrogens with zero attached hydrogens (tertiary/aromatic N) is 1. The Morgan fingerprint density at radius 1 is 1.03 bits per heavy atom. The molecule has 2 fully saturated rings. The summed E-state index contributed by atoms with van der Waals surface area (Å²) in [5.74, 6) is -8.14. The maximum absolute atomic E-state index is 15.2. The fourth-order valence-corrected chi connectivity index (χ4v) is 4.66. The molecule has 5 nitrogen and oxygen atoms in total. The summed E-state index contributed by atoms with van der Waals surface area (Å²) in [6.45, 7) is 1.51. The number of carbonyl (C=O) groups excluding carboxylic acids is 2. The highest BCUT2D eigenvalue weighted by atomic mass is 19.3. The third-order valence-corrected chi connectivity index (χ3v) is 6.26. The first-order valence-corrected chi connectivity index (χ1v) is 10.4. The van der Waals surface area contributed by atoms with Gasteiger partial charge in [-0.15, -0.1) is 0 Å². The number of carbonyl (C=O) groups is 2. The minimum atomic E-state index is -4.14. The number of rotatable bonds is 4. The highest BCUT2D eigenvalue weighted by Gasteiger charge is 2.53. The number of aryl methyl sites for hydroxylation is 1. The van der Waals surface area contributed by atoms with Gasteiger partial charge in [0.05, 0.1) is 5.56 Å². The molecule has 2 aliphatic rings. The SMILES string of the molecule is Cc1cc(NC(=O)c2ccc(F)c(C(F)(F)C(=O)N3C4CCC3CC(N)C4)c2)ccc1F. The minimum Gasteiger partial charge on any atom is -0.331 e. The molecule has 3 N–H and O–H groups in total. The van der Waals surface area contributed by atoms with Gasteiger partial charge in [-0.3, -0.25) is 9.59 Å². The summed E-state index contributed by atoms with van der Waals surface area (Å²) in [4.78, 5) is 26.5. The number of nitrogens with two attached hydrogens (primary N) is 1. The molecular formula is C23H23F4N3O2. The monoisotopic (exact) mass is 449 g/mol. The Balaban J connectivity index is 1.59. The Labute approximate surface area is 182 Å². The quantitative estimate of drug-likeness (QED) is 0.691. The van der Waals surface area contributed by atoms with Crippen molar-refractivity contribution in [1.82, 2.24) is 4.90 Å². The van der Waals surface area contributed by atoms with Crippen molar-refractivity contribution >= 4 is 17.5 Å². The summed E-state index contributed by atoms with van der Waals surface area (Å²) in [5, 5.41) is 2.46. The number of alkyl halides is 2. The van der Waals surface area contributed by atoms with E-state index in [-0.39, 0.29) is 22.9 Å². The lowest BCUT2D eigenvalue weighted by Crippen LogP contribution is -2.54. The number of nitrogens with one attached hydrogen (secondary N) is 1. The second-order valence-corrected chi connectivity index (χ2v) is 8.52. The first kappa shape index (κ1) is 22.3. The summed E-state index contributed by atoms with van der Waals surface area (Å²) in [5.41, 5.74) is 5.08. The fourth-order valence-electron chi connectivity index (χ4n) is 4.66. The predicted octanol–water partition coefficient (Wildman–Crippen LogP) is 4.10. The van der Waals surface area contributed by atoms with Gasteiger partial charge in [0, 0.05) is 29.4 Å². The number of hydrogen-bond donors (Lipinski definition) is 2. The van der Waals surface area contributed by atoms with Crippen LogP contribution in [0.25, 0.3) is 0 Å². The molecule has 0 saturated carbocycles. The van der Waals surface area contributed by atoms with E-state index in [1.54, 1.807) is 0 Å². The van der Waals surface area contributed by atoms with Crippen LogP contribution in [0.1, 0.15) is 47.2 Å². The van der Waals surface area contributed by atoms with E-state index in [0.717, 1.165) is 23.1 Å². The van der Waals surface area contributed by atoms with E-state index >= 15 is 8.78 Å². The van der Waals surface area contributed by atoms with Crippen molar-refractivity contribution in [2.24, 2.45) is 5.73 Å². The van der Waals surface area contributed by atoms with Gasteiger partial charge in [-0.25, -0.2) is 8.78 Å². The molecule has 2 aliphatic heterocycles. The second-order valence-electron chi connectivity index (χ2n) is 8.52. The number of fused-ring (bicyclic) bond motifs is 2. The Hall–Kier alpha value is -2.94. The van der Waals surface area contributed by atoms with E-state index < -0.39 is 47.0 Å². The van der Waals surface area contributed by atoms with Crippen molar-refractivity contribution < 1.29 is 27.2 Å². The topological polar surface area (TPSA) is 75.4 Å². The van der Waals surface area contributed by atoms with Gasteiger partial charge < -0.3 is 16.0 Å². The molecule has 9 heteroatoms. The second kappa shape index (κ2) is 8.20. The molecule has 32 heavy (non-hydrogen) atoms. The van der Waals surface area contributed by atoms with Gasteiger partial charge >= 0.3 is 5.92 Å². The largest absolute Gasteiger partial charge is 0.352 e. The molecule has 4 rings (SSSR count). The van der Waals surface area contributed by atoms with Gasteiger partial charge in [0.15, 0.2) is 0 Å². The summed E-state index contributed by atoms with van der Waals surface area (Å²) in [6, 6.07) is 5.41. The normalized spacial score (nSPS) is 22.7. The van der Waals surface area contributed by atoms with Crippen LogP contribution in [0, 0.1) is 18.6 Å². The van der Waals surface area contributed by atoms with Crippen LogP contribution in [0.3, 0.4) is 0 Å². The minimum absolute atomic E-state index is 0.149. The number of benzene rings is 2. The number of halogens is 4. The van der Waals surface area contributed by atoms with Crippen molar-refractivity contribution in [2.45, 2.75) is 56.7 Å². The maximum Gasteiger partial charge on any atom is 0.352 e. The van der Waals surface area contributed by atoms with Gasteiger partial charge in [-0.05, 0) is 74.6 Å². The molecule has 0 radical (unpaired) electrons. The van der Waals surface area contributed by atoms with E-state index in [4.69, 9.17) is 5.73 Å². The lowest BCUT2D eigenvalue weighted by molar-refractivity contribution is -0.164. The fraction of sp³-hybridized carbons (Fsp3) is 0.391. The van der Waals surface area contributed by atoms with Crippen molar-refractivity contribution in [3.05, 3.63) is 64.7 Å². The third-order valence-electron chi connectivity index (χ3n) is 6.26. The molecule has 2 unspecified atom stereocenters. The number of piperidine rings is 1. The number of anilines is 1. The summed E-state index contributed by atoms with van der Waals surface area (Å²) < 4.78 is 58.2. The number of hydrogen-bond acceptors (Lipinski definition) is 3. The average molecular weight is 449 g/mol. The molecule has 2 amide bonds. The van der Waals surface area contributed by atoms with Crippen molar-refractivity contribution in [1.29, 1.82) is 0 Å². The van der Waals surface area contributed by atoms with Crippen LogP contribution < -0.4 is 11.1 Å². The molecule has 2 aromatic carbocycles. The Morgan fingerprint density at radius 3 is 2.28 bits per heavy atom. The van der Waals surface area contributed by atoms with E-state index in [1.807, 2.05) is 0 Å². The van der Waals surface area contributed by atoms with Crippen LogP contribution in [0.5, 0.6) is 0 Å². The van der Waals surface area contributed by atoms with Gasteiger partial charge in [-0.1, -0.05) is 0 Å². The molecule has 2 heterocycles. The molecule has 2 atom stereocenters. The summed E-state index contributed by atoms with van der Waals surface area (Å²) in [7, 11) is 0. The molecule has 0 aromatic heterocycles. The van der Waals surface area contributed by atoms with Gasteiger partial charge in [0.2, 0.25) is 0 Å². The third kappa shape index (κ3) is 3.97. The molecule has 2 saturated heterocycles. The van der Waals surface area contributed by atoms with E-state index in [1.165, 1.54) is 19.1 Å². The van der Waals surface area contributed by atoms with Crippen molar-refractivity contribution in [3.8, 4) is 0 Å². The summed E-state index contributed by atoms with van der Waals surface area (Å²) >= 11 is 0. The van der Waals surface area contributed by atoms with Crippen LogP contribution in [-0.4, -0.2) is 34.8 Å². The van der Waals surface area contributed by atoms with Crippen molar-refractivity contribution in [3.63, 3.8) is 0 Å². The van der Waals surface area contributed by atoms with Crippen LogP contribution in [-0.2, 0) is 10.7 Å². The first-order chi connectivity index (χ1) is 15.1. The molecule has 2 bridgehead atoms. The maximum atomic E-state index is 15.2. The predicted molar refractivity (Wildman–Crippen MR) is 110 cm³/mol. The van der Waals surface area contributed by atoms with E-state index in [9.17, 15) is 18.4 Å². The average Bonchev–Trinajstić information content (AvgIpc) is 3.00. The van der Waals surface area contributed by atoms with Gasteiger partial charge in [0.25, 0.3) is 11.8 Å². The highest BCUT2D eigenvalue weighted by Crippen LogP contribution is 2.41. The van der Waals surface area contributed by atoms with Crippen LogP contribution in [0.15, 0.2) is 36.4 Å². The Morgan fingerprint density at radius 2 is 1.66 bits per heavy atom. The molecule has 2 aromatic rings. The molecule has 0 spiro atoms. The van der Waals surface area contributed by atoms with Crippen LogP contribution in [0.2, 0.25) is 0 Å². The van der Waals surface area contributed by atoms with Crippen molar-refractivity contribution in [2.75, 3.05) is 5.32 Å². The highest BCUT2D eigenvalue weighted by molar-refractivity contribution is 6.04. The lowest BCUT2D eigenvalue weighted by Gasteiger charge is -2.39. The Bertz CT molecular complexity index is 1060. The number of amides is 2. The lowest BCUT2D eigenvalue weighted by atomic mass is 9.95. The smallest absolute Gasteiger partial charge is 0.331 e. The zero-order chi connectivity index (χ0) is 23.2. The van der Waals surface area contributed by atoms with Gasteiger partial charge in [-0.2, -0.15) is 8.78 Å². The van der Waals surface area contributed by atoms with E-state index in [0.29, 0.717) is 31.7 Å². The molecular weight excluding hydrogens is 426 g/mol. The molecule has 0 aliphatic carbocycles. The first-order valence-electron chi connectivity index (χ1n) is 10.4. The standard InChI is InChI=1S/C23H23F4N3O2/c1-12-8-15(3-7-19(12)24)29-21(31)13-2-6-20(25)18(9-13)23(26,27)22(32)30-16-4-5-17(30)11-14(28)10-16/h2-3,6-9,14,16-17H,4-5,10-11,28H2,1H3,(H,29,31). The van der Waals surface area contributed by atoms with Crippen LogP contribution in [0.4, 0.5) is 23.2 Å². The van der Waals surface area contributed by atoms with Crippen LogP contribution >= 0.6 is 0 Å². The zero-order valence-corrected chi connectivity index (χ0v) is 17.4. The Kier molecular flexibility index (Phi) is 5.70.